The number of ether oxygens (including phenoxy) is 3. The van der Waals surface area contributed by atoms with E-state index < -0.39 is 5.97 Å². The topological polar surface area (TPSA) is 77.6 Å². The van der Waals surface area contributed by atoms with Crippen LogP contribution in [0.25, 0.3) is 0 Å². The highest BCUT2D eigenvalue weighted by atomic mass is 16.5. The summed E-state index contributed by atoms with van der Waals surface area (Å²) in [5.41, 5.74) is 1.92. The van der Waals surface area contributed by atoms with Gasteiger partial charge in [0.05, 0.1) is 25.0 Å². The molecule has 128 valence electrons. The number of ketones is 1. The van der Waals surface area contributed by atoms with Gasteiger partial charge in [0.2, 0.25) is 5.78 Å². The van der Waals surface area contributed by atoms with Crippen LogP contribution in [0.15, 0.2) is 24.3 Å². The van der Waals surface area contributed by atoms with Gasteiger partial charge in [-0.05, 0) is 50.6 Å². The van der Waals surface area contributed by atoms with Crippen molar-refractivity contribution < 1.29 is 23.8 Å². The van der Waals surface area contributed by atoms with E-state index in [4.69, 9.17) is 14.2 Å². The molecule has 0 fully saturated rings. The number of methoxy groups -OCH3 is 1. The molecule has 1 N–H and O–H groups in total. The van der Waals surface area contributed by atoms with E-state index in [1.807, 2.05) is 6.92 Å². The highest BCUT2D eigenvalue weighted by Gasteiger charge is 2.22. The fourth-order valence-electron chi connectivity index (χ4n) is 2.46. The number of benzene rings is 1. The lowest BCUT2D eigenvalue weighted by atomic mass is 10.1. The molecule has 6 nitrogen and oxygen atoms in total. The second kappa shape index (κ2) is 7.68. The van der Waals surface area contributed by atoms with E-state index in [9.17, 15) is 9.59 Å². The number of nitrogens with one attached hydrogen (secondary N) is 1. The molecule has 1 aromatic carbocycles. The Morgan fingerprint density at radius 3 is 2.17 bits per heavy atom. The number of carbonyl (C=O) groups excluding carboxylic acids is 2. The first kappa shape index (κ1) is 17.6. The maximum absolute atomic E-state index is 12.4. The third-order valence-electron chi connectivity index (χ3n) is 3.61. The molecule has 0 unspecified atom stereocenters. The maximum atomic E-state index is 12.4. The molecule has 0 atom stereocenters. The Labute approximate surface area is 140 Å². The van der Waals surface area contributed by atoms with E-state index in [2.05, 4.69) is 4.98 Å². The fourth-order valence-corrected chi connectivity index (χ4v) is 2.46. The molecule has 0 saturated heterocycles. The SMILES string of the molecule is CCOc1ccc(OCC(=O)c2[nH]c(C)c(C(=O)OC)c2C)cc1. The van der Waals surface area contributed by atoms with Crippen LogP contribution in [-0.2, 0) is 4.74 Å². The second-order valence-corrected chi connectivity index (χ2v) is 5.23. The predicted octanol–water partition coefficient (Wildman–Crippen LogP) is 3.08. The molecule has 0 spiro atoms. The summed E-state index contributed by atoms with van der Waals surface area (Å²) in [7, 11) is 1.31. The fraction of sp³-hybridized carbons (Fsp3) is 0.333. The summed E-state index contributed by atoms with van der Waals surface area (Å²) in [6.07, 6.45) is 0. The Hall–Kier alpha value is -2.76. The van der Waals surface area contributed by atoms with Gasteiger partial charge in [-0.1, -0.05) is 0 Å². The Bertz CT molecular complexity index is 731. The van der Waals surface area contributed by atoms with Crippen molar-refractivity contribution in [2.45, 2.75) is 20.8 Å². The molecule has 2 rings (SSSR count). The van der Waals surface area contributed by atoms with E-state index in [1.54, 1.807) is 38.1 Å². The van der Waals surface area contributed by atoms with E-state index >= 15 is 0 Å². The molecule has 2 aromatic rings. The van der Waals surface area contributed by atoms with Gasteiger partial charge in [-0.25, -0.2) is 4.79 Å². The zero-order valence-corrected chi connectivity index (χ0v) is 14.3. The van der Waals surface area contributed by atoms with Gasteiger partial charge in [-0.3, -0.25) is 4.79 Å². The number of hydrogen-bond donors (Lipinski definition) is 1. The third kappa shape index (κ3) is 3.76. The zero-order valence-electron chi connectivity index (χ0n) is 14.3. The standard InChI is InChI=1S/C18H21NO5/c1-5-23-13-6-8-14(9-7-13)24-10-15(20)17-11(2)16(12(3)19-17)18(21)22-4/h6-9,19H,5,10H2,1-4H3. The average Bonchev–Trinajstić information content (AvgIpc) is 2.88. The van der Waals surface area contributed by atoms with E-state index in [0.29, 0.717) is 34.9 Å². The summed E-state index contributed by atoms with van der Waals surface area (Å²) in [6.45, 7) is 5.80. The molecule has 6 heteroatoms. The Morgan fingerprint density at radius 1 is 1.04 bits per heavy atom. The molecule has 0 saturated carbocycles. The number of aromatic nitrogens is 1. The van der Waals surface area contributed by atoms with Crippen LogP contribution in [-0.4, -0.2) is 37.1 Å². The number of esters is 1. The van der Waals surface area contributed by atoms with Gasteiger partial charge < -0.3 is 19.2 Å². The van der Waals surface area contributed by atoms with E-state index in [0.717, 1.165) is 5.75 Å². The van der Waals surface area contributed by atoms with Gasteiger partial charge in [-0.15, -0.1) is 0 Å². The van der Waals surface area contributed by atoms with Gasteiger partial charge in [0.15, 0.2) is 6.61 Å². The number of H-pyrrole nitrogens is 1. The van der Waals surface area contributed by atoms with Crippen LogP contribution < -0.4 is 9.47 Å². The van der Waals surface area contributed by atoms with Crippen molar-refractivity contribution >= 4 is 11.8 Å². The lowest BCUT2D eigenvalue weighted by molar-refractivity contribution is 0.0599. The van der Waals surface area contributed by atoms with E-state index in [-0.39, 0.29) is 12.4 Å². The number of rotatable bonds is 7. The van der Waals surface area contributed by atoms with Crippen molar-refractivity contribution in [3.63, 3.8) is 0 Å². The smallest absolute Gasteiger partial charge is 0.339 e. The summed E-state index contributed by atoms with van der Waals surface area (Å²) in [6, 6.07) is 7.04. The number of aromatic amines is 1. The third-order valence-corrected chi connectivity index (χ3v) is 3.61. The molecule has 0 bridgehead atoms. The van der Waals surface area contributed by atoms with Crippen molar-refractivity contribution in [2.24, 2.45) is 0 Å². The summed E-state index contributed by atoms with van der Waals surface area (Å²) in [5, 5.41) is 0. The minimum atomic E-state index is -0.465. The van der Waals surface area contributed by atoms with Gasteiger partial charge in [-0.2, -0.15) is 0 Å². The lowest BCUT2D eigenvalue weighted by Crippen LogP contribution is -2.13. The number of hydrogen-bond acceptors (Lipinski definition) is 5. The molecule has 1 heterocycles. The van der Waals surface area contributed by atoms with Crippen molar-refractivity contribution in [2.75, 3.05) is 20.3 Å². The van der Waals surface area contributed by atoms with Gasteiger partial charge in [0.1, 0.15) is 11.5 Å². The van der Waals surface area contributed by atoms with E-state index in [1.165, 1.54) is 7.11 Å². The lowest BCUT2D eigenvalue weighted by Gasteiger charge is -2.07. The van der Waals surface area contributed by atoms with Crippen LogP contribution in [0, 0.1) is 13.8 Å². The van der Waals surface area contributed by atoms with Crippen molar-refractivity contribution in [1.29, 1.82) is 0 Å². The maximum Gasteiger partial charge on any atom is 0.339 e. The minimum Gasteiger partial charge on any atom is -0.494 e. The van der Waals surface area contributed by atoms with Gasteiger partial charge in [0.25, 0.3) is 0 Å². The first-order valence-electron chi connectivity index (χ1n) is 7.64. The quantitative estimate of drug-likeness (QED) is 0.623. The van der Waals surface area contributed by atoms with Crippen molar-refractivity contribution in [3.05, 3.63) is 46.8 Å². The highest BCUT2D eigenvalue weighted by molar-refractivity contribution is 6.02. The summed E-state index contributed by atoms with van der Waals surface area (Å²) in [4.78, 5) is 27.1. The molecule has 0 radical (unpaired) electrons. The van der Waals surface area contributed by atoms with Crippen molar-refractivity contribution in [3.8, 4) is 11.5 Å². The Balaban J connectivity index is 2.06. The molecule has 0 aliphatic heterocycles. The summed E-state index contributed by atoms with van der Waals surface area (Å²) in [5.74, 6) is 0.614. The molecule has 0 aliphatic rings. The number of aryl methyl sites for hydroxylation is 1. The predicted molar refractivity (Wildman–Crippen MR) is 89.0 cm³/mol. The first-order valence-corrected chi connectivity index (χ1v) is 7.64. The highest BCUT2D eigenvalue weighted by Crippen LogP contribution is 2.21. The molecule has 1 aromatic heterocycles. The summed E-state index contributed by atoms with van der Waals surface area (Å²) >= 11 is 0. The van der Waals surface area contributed by atoms with Crippen LogP contribution in [0.1, 0.15) is 39.0 Å². The monoisotopic (exact) mass is 331 g/mol. The van der Waals surface area contributed by atoms with Crippen LogP contribution in [0.5, 0.6) is 11.5 Å². The zero-order chi connectivity index (χ0) is 17.7. The van der Waals surface area contributed by atoms with Crippen molar-refractivity contribution in [1.82, 2.24) is 4.98 Å². The van der Waals surface area contributed by atoms with Crippen LogP contribution in [0.3, 0.4) is 0 Å². The Morgan fingerprint density at radius 2 is 1.62 bits per heavy atom. The largest absolute Gasteiger partial charge is 0.494 e. The average molecular weight is 331 g/mol. The number of carbonyl (C=O) groups is 2. The molecular formula is C18H21NO5. The Kier molecular flexibility index (Phi) is 5.63. The normalized spacial score (nSPS) is 10.3. The van der Waals surface area contributed by atoms with Gasteiger partial charge >= 0.3 is 5.97 Å². The minimum absolute atomic E-state index is 0.130. The first-order chi connectivity index (χ1) is 11.5. The second-order valence-electron chi connectivity index (χ2n) is 5.23. The van der Waals surface area contributed by atoms with Crippen LogP contribution in [0.4, 0.5) is 0 Å². The molecule has 0 aliphatic carbocycles. The van der Waals surface area contributed by atoms with Crippen LogP contribution in [0.2, 0.25) is 0 Å². The summed E-state index contributed by atoms with van der Waals surface area (Å²) < 4.78 is 15.6. The van der Waals surface area contributed by atoms with Gasteiger partial charge in [0, 0.05) is 5.69 Å². The molecule has 0 amide bonds. The number of Topliss-reactive ketones (excluding diaryl/α,β-unsaturated/α-hetero) is 1. The van der Waals surface area contributed by atoms with Crippen LogP contribution >= 0.6 is 0 Å². The molecular weight excluding hydrogens is 310 g/mol. The molecule has 24 heavy (non-hydrogen) atoms.